The van der Waals surface area contributed by atoms with Crippen molar-refractivity contribution < 1.29 is 13.2 Å². The number of sulfonamides is 1. The van der Waals surface area contributed by atoms with E-state index in [4.69, 9.17) is 16.3 Å². The molecule has 11 nitrogen and oxygen atoms in total. The van der Waals surface area contributed by atoms with Crippen molar-refractivity contribution >= 4 is 56.1 Å². The van der Waals surface area contributed by atoms with Crippen LogP contribution >= 0.6 is 11.6 Å². The number of anilines is 6. The number of likely N-dealkylation sites (N-methyl/N-ethyl adjacent to an activating group) is 1. The summed E-state index contributed by atoms with van der Waals surface area (Å²) in [5.74, 6) is 1.39. The summed E-state index contributed by atoms with van der Waals surface area (Å²) in [7, 11) is 0.418. The van der Waals surface area contributed by atoms with Crippen LogP contribution < -0.4 is 24.6 Å². The molecule has 2 fully saturated rings. The van der Waals surface area contributed by atoms with Gasteiger partial charge >= 0.3 is 0 Å². The summed E-state index contributed by atoms with van der Waals surface area (Å²) in [6, 6.07) is 10.6. The van der Waals surface area contributed by atoms with Crippen LogP contribution in [0.5, 0.6) is 5.75 Å². The Morgan fingerprint density at radius 1 is 0.977 bits per heavy atom. The average Bonchev–Trinajstić information content (AvgIpc) is 3.48. The Kier molecular flexibility index (Phi) is 8.78. The Hall–Kier alpha value is -3.32. The summed E-state index contributed by atoms with van der Waals surface area (Å²) < 4.78 is 32.3. The van der Waals surface area contributed by atoms with E-state index in [2.05, 4.69) is 54.5 Å². The summed E-state index contributed by atoms with van der Waals surface area (Å²) in [6.07, 6.45) is 5.72. The minimum atomic E-state index is -3.44. The minimum Gasteiger partial charge on any atom is -0.494 e. The van der Waals surface area contributed by atoms with Gasteiger partial charge in [-0.15, -0.1) is 0 Å². The van der Waals surface area contributed by atoms with Crippen molar-refractivity contribution in [3.8, 4) is 5.75 Å². The van der Waals surface area contributed by atoms with Gasteiger partial charge in [-0.25, -0.2) is 13.4 Å². The minimum absolute atomic E-state index is 0.316. The molecule has 3 aliphatic rings. The lowest BCUT2D eigenvalue weighted by Gasteiger charge is -2.42. The molecule has 2 N–H and O–H groups in total. The molecule has 0 atom stereocenters. The van der Waals surface area contributed by atoms with Gasteiger partial charge < -0.3 is 25.2 Å². The zero-order valence-corrected chi connectivity index (χ0v) is 27.4. The van der Waals surface area contributed by atoms with Crippen LogP contribution in [0, 0.1) is 6.92 Å². The van der Waals surface area contributed by atoms with Crippen molar-refractivity contribution in [3.63, 3.8) is 0 Å². The highest BCUT2D eigenvalue weighted by Gasteiger charge is 2.31. The van der Waals surface area contributed by atoms with Crippen molar-refractivity contribution in [2.45, 2.75) is 32.2 Å². The number of piperazine rings is 1. The number of hydrogen-bond acceptors (Lipinski definition) is 10. The Bertz CT molecular complexity index is 1620. The molecule has 1 aromatic heterocycles. The third-order valence-electron chi connectivity index (χ3n) is 9.04. The number of aromatic nitrogens is 2. The second-order valence-corrected chi connectivity index (χ2v) is 14.2. The fourth-order valence-electron chi connectivity index (χ4n) is 6.51. The number of halogens is 1. The van der Waals surface area contributed by atoms with E-state index in [-0.39, 0.29) is 0 Å². The molecule has 0 unspecified atom stereocenters. The summed E-state index contributed by atoms with van der Waals surface area (Å²) in [5, 5.41) is 6.85. The number of piperidine rings is 1. The van der Waals surface area contributed by atoms with E-state index in [0.29, 0.717) is 52.9 Å². The van der Waals surface area contributed by atoms with Gasteiger partial charge in [-0.1, -0.05) is 17.7 Å². The molecule has 2 aromatic carbocycles. The topological polar surface area (TPSA) is 106 Å². The Labute approximate surface area is 265 Å². The smallest absolute Gasteiger partial charge is 0.232 e. The maximum Gasteiger partial charge on any atom is 0.232 e. The van der Waals surface area contributed by atoms with E-state index >= 15 is 0 Å². The molecule has 44 heavy (non-hydrogen) atoms. The molecule has 0 amide bonds. The first-order chi connectivity index (χ1) is 21.1. The highest BCUT2D eigenvalue weighted by atomic mass is 35.5. The van der Waals surface area contributed by atoms with Crippen molar-refractivity contribution in [1.82, 2.24) is 19.8 Å². The van der Waals surface area contributed by atoms with Gasteiger partial charge in [0.05, 0.1) is 36.6 Å². The number of ether oxygens (including phenoxy) is 1. The molecule has 0 saturated carbocycles. The van der Waals surface area contributed by atoms with Crippen molar-refractivity contribution in [3.05, 3.63) is 52.7 Å². The normalized spacial score (nSPS) is 18.4. The molecule has 236 valence electrons. The standard InChI is InChI=1S/C31H41ClN8O3S/c1-21-5-7-27(29-24(21)11-14-40(29)44(4,41)42)34-30-25(32)20-33-31(36-30)35-26-8-6-23(19-28(26)43-3)38-12-9-22(10-13-38)39-17-15-37(2)16-18-39/h5-8,19-20,22H,9-18H2,1-4H3,(H2,33,34,35,36). The first-order valence-corrected chi connectivity index (χ1v) is 17.4. The van der Waals surface area contributed by atoms with Crippen LogP contribution in [0.3, 0.4) is 0 Å². The van der Waals surface area contributed by atoms with Crippen molar-refractivity contribution in [2.24, 2.45) is 0 Å². The number of fused-ring (bicyclic) bond motifs is 1. The lowest BCUT2D eigenvalue weighted by Crippen LogP contribution is -2.52. The number of nitrogens with one attached hydrogen (secondary N) is 2. The molecular weight excluding hydrogens is 600 g/mol. The maximum atomic E-state index is 12.5. The van der Waals surface area contributed by atoms with Gasteiger partial charge in [0.2, 0.25) is 16.0 Å². The van der Waals surface area contributed by atoms with E-state index in [0.717, 1.165) is 74.6 Å². The Morgan fingerprint density at radius 3 is 2.41 bits per heavy atom. The average molecular weight is 641 g/mol. The van der Waals surface area contributed by atoms with E-state index in [1.165, 1.54) is 16.8 Å². The quantitative estimate of drug-likeness (QED) is 0.366. The lowest BCUT2D eigenvalue weighted by atomic mass is 10.0. The van der Waals surface area contributed by atoms with Crippen LogP contribution in [0.15, 0.2) is 36.5 Å². The second-order valence-electron chi connectivity index (χ2n) is 11.9. The van der Waals surface area contributed by atoms with E-state index < -0.39 is 10.0 Å². The molecular formula is C31H41ClN8O3S. The summed E-state index contributed by atoms with van der Waals surface area (Å²) in [4.78, 5) is 16.5. The van der Waals surface area contributed by atoms with Gasteiger partial charge in [0.1, 0.15) is 10.8 Å². The predicted octanol–water partition coefficient (Wildman–Crippen LogP) is 4.47. The third kappa shape index (κ3) is 6.39. The van der Waals surface area contributed by atoms with Crippen LogP contribution in [0.2, 0.25) is 5.02 Å². The first kappa shape index (κ1) is 30.7. The highest BCUT2D eigenvalue weighted by molar-refractivity contribution is 7.92. The highest BCUT2D eigenvalue weighted by Crippen LogP contribution is 2.41. The zero-order chi connectivity index (χ0) is 31.0. The van der Waals surface area contributed by atoms with Gasteiger partial charge in [0, 0.05) is 63.6 Å². The number of aryl methyl sites for hydroxylation is 1. The number of rotatable bonds is 8. The molecule has 4 heterocycles. The molecule has 0 bridgehead atoms. The SMILES string of the molecule is COc1cc(N2CCC(N3CCN(C)CC3)CC2)ccc1Nc1ncc(Cl)c(Nc2ccc(C)c3c2N(S(C)(=O)=O)CC3)n1. The number of methoxy groups -OCH3 is 1. The van der Waals surface area contributed by atoms with Gasteiger partial charge in [0.15, 0.2) is 5.82 Å². The van der Waals surface area contributed by atoms with Gasteiger partial charge in [-0.3, -0.25) is 9.21 Å². The number of nitrogens with zero attached hydrogens (tertiary/aromatic N) is 6. The monoisotopic (exact) mass is 640 g/mol. The molecule has 0 aliphatic carbocycles. The molecule has 13 heteroatoms. The second kappa shape index (κ2) is 12.6. The molecule has 0 radical (unpaired) electrons. The zero-order valence-electron chi connectivity index (χ0n) is 25.8. The fourth-order valence-corrected chi connectivity index (χ4v) is 7.62. The largest absolute Gasteiger partial charge is 0.494 e. The molecule has 3 aromatic rings. The predicted molar refractivity (Wildman–Crippen MR) is 178 cm³/mol. The molecule has 6 rings (SSSR count). The van der Waals surface area contributed by atoms with Gasteiger partial charge in [-0.2, -0.15) is 4.98 Å². The summed E-state index contributed by atoms with van der Waals surface area (Å²) in [6.45, 7) is 9.04. The first-order valence-electron chi connectivity index (χ1n) is 15.1. The molecule has 3 aliphatic heterocycles. The number of hydrogen-bond donors (Lipinski definition) is 2. The Morgan fingerprint density at radius 2 is 1.70 bits per heavy atom. The van der Waals surface area contributed by atoms with Gasteiger partial charge in [0.25, 0.3) is 0 Å². The van der Waals surface area contributed by atoms with Crippen LogP contribution in [0.4, 0.5) is 34.5 Å². The van der Waals surface area contributed by atoms with E-state index in [1.807, 2.05) is 25.1 Å². The summed E-state index contributed by atoms with van der Waals surface area (Å²) in [5.41, 5.74) is 5.17. The van der Waals surface area contributed by atoms with Crippen LogP contribution in [-0.4, -0.2) is 100 Å². The maximum absolute atomic E-state index is 12.5. The lowest BCUT2D eigenvalue weighted by molar-refractivity contribution is 0.0982. The van der Waals surface area contributed by atoms with E-state index in [9.17, 15) is 8.42 Å². The van der Waals surface area contributed by atoms with Gasteiger partial charge in [-0.05, 0) is 62.6 Å². The van der Waals surface area contributed by atoms with Crippen LogP contribution in [-0.2, 0) is 16.4 Å². The fraction of sp³-hybridized carbons (Fsp3) is 0.484. The van der Waals surface area contributed by atoms with Crippen LogP contribution in [0.1, 0.15) is 24.0 Å². The third-order valence-corrected chi connectivity index (χ3v) is 10.5. The molecule has 0 spiro atoms. The van der Waals surface area contributed by atoms with Crippen molar-refractivity contribution in [2.75, 3.05) is 86.1 Å². The number of benzene rings is 2. The Balaban J connectivity index is 1.16. The summed E-state index contributed by atoms with van der Waals surface area (Å²) >= 11 is 6.51. The van der Waals surface area contributed by atoms with E-state index in [1.54, 1.807) is 7.11 Å². The van der Waals surface area contributed by atoms with Crippen LogP contribution in [0.25, 0.3) is 0 Å². The van der Waals surface area contributed by atoms with Crippen molar-refractivity contribution in [1.29, 1.82) is 0 Å². The molecule has 2 saturated heterocycles.